The number of nitro groups is 1. The van der Waals surface area contributed by atoms with Crippen LogP contribution in [0.2, 0.25) is 0 Å². The van der Waals surface area contributed by atoms with E-state index in [1.807, 2.05) is 4.90 Å². The van der Waals surface area contributed by atoms with Gasteiger partial charge in [0.15, 0.2) is 5.82 Å². The Hall–Kier alpha value is -1.69. The maximum Gasteiger partial charge on any atom is 0.275 e. The molecule has 5 nitrogen and oxygen atoms in total. The monoisotopic (exact) mass is 240 g/mol. The molecule has 2 rings (SSSR count). The van der Waals surface area contributed by atoms with Crippen LogP contribution >= 0.6 is 0 Å². The van der Waals surface area contributed by atoms with Gasteiger partial charge < -0.3 is 10.2 Å². The number of hydrogen-bond donors (Lipinski definition) is 1. The van der Waals surface area contributed by atoms with Gasteiger partial charge in [0.1, 0.15) is 0 Å². The third kappa shape index (κ3) is 2.36. The quantitative estimate of drug-likeness (QED) is 0.602. The van der Waals surface area contributed by atoms with E-state index in [4.69, 9.17) is 0 Å². The van der Waals surface area contributed by atoms with Crippen molar-refractivity contribution >= 4 is 11.4 Å². The summed E-state index contributed by atoms with van der Waals surface area (Å²) in [6.07, 6.45) is 0. The fourth-order valence-electron chi connectivity index (χ4n) is 2.09. The second-order valence-corrected chi connectivity index (χ2v) is 4.20. The first-order chi connectivity index (χ1) is 8.09. The first kappa shape index (κ1) is 11.8. The number of hydrogen-bond acceptors (Lipinski definition) is 3. The molecule has 2 N–H and O–H groups in total. The van der Waals surface area contributed by atoms with E-state index < -0.39 is 10.7 Å². The Bertz CT molecular complexity index is 445. The molecule has 1 fully saturated rings. The van der Waals surface area contributed by atoms with Gasteiger partial charge in [-0.15, -0.1) is 0 Å². The standard InChI is InChI=1S/C11H14FN3O2/c1-8-6-11(14-4-2-13-3-5-14)9(12)7-10(8)15(16)17/h6-7,13H,2-5H2,1H3/p+1. The van der Waals surface area contributed by atoms with Crippen molar-refractivity contribution in [2.24, 2.45) is 0 Å². The van der Waals surface area contributed by atoms with Crippen LogP contribution in [0.25, 0.3) is 0 Å². The number of piperazine rings is 1. The number of nitrogens with two attached hydrogens (primary N) is 1. The second kappa shape index (κ2) is 4.67. The third-order valence-corrected chi connectivity index (χ3v) is 3.01. The largest absolute Gasteiger partial charge is 0.358 e. The SMILES string of the molecule is Cc1cc(N2CC[NH2+]CC2)c(F)cc1[N+](=O)[O-]. The van der Waals surface area contributed by atoms with E-state index in [1.54, 1.807) is 13.0 Å². The summed E-state index contributed by atoms with van der Waals surface area (Å²) in [4.78, 5) is 12.1. The molecule has 1 aromatic rings. The lowest BCUT2D eigenvalue weighted by Crippen LogP contribution is -2.89. The number of nitrogens with zero attached hydrogens (tertiary/aromatic N) is 2. The van der Waals surface area contributed by atoms with Crippen LogP contribution < -0.4 is 10.2 Å². The van der Waals surface area contributed by atoms with Gasteiger partial charge in [0.25, 0.3) is 5.69 Å². The number of anilines is 1. The molecule has 17 heavy (non-hydrogen) atoms. The van der Waals surface area contributed by atoms with Crippen LogP contribution in [0.1, 0.15) is 5.56 Å². The summed E-state index contributed by atoms with van der Waals surface area (Å²) in [7, 11) is 0. The molecule has 1 aromatic carbocycles. The van der Waals surface area contributed by atoms with E-state index in [9.17, 15) is 14.5 Å². The first-order valence-electron chi connectivity index (χ1n) is 5.60. The van der Waals surface area contributed by atoms with E-state index in [2.05, 4.69) is 5.32 Å². The maximum atomic E-state index is 13.8. The normalized spacial score (nSPS) is 16.0. The fourth-order valence-corrected chi connectivity index (χ4v) is 2.09. The highest BCUT2D eigenvalue weighted by atomic mass is 19.1. The summed E-state index contributed by atoms with van der Waals surface area (Å²) in [6, 6.07) is 2.59. The molecule has 1 aliphatic rings. The molecule has 0 aromatic heterocycles. The van der Waals surface area contributed by atoms with Gasteiger partial charge in [0.2, 0.25) is 0 Å². The topological polar surface area (TPSA) is 63.0 Å². The minimum absolute atomic E-state index is 0.158. The van der Waals surface area contributed by atoms with Gasteiger partial charge in [-0.2, -0.15) is 0 Å². The molecule has 0 saturated carbocycles. The van der Waals surface area contributed by atoms with Crippen LogP contribution in [-0.4, -0.2) is 31.1 Å². The Morgan fingerprint density at radius 1 is 1.41 bits per heavy atom. The molecule has 0 aliphatic carbocycles. The van der Waals surface area contributed by atoms with Crippen LogP contribution in [0.3, 0.4) is 0 Å². The summed E-state index contributed by atoms with van der Waals surface area (Å²) in [6.45, 7) is 5.03. The van der Waals surface area contributed by atoms with Crippen molar-refractivity contribution < 1.29 is 14.6 Å². The van der Waals surface area contributed by atoms with Crippen molar-refractivity contribution in [1.29, 1.82) is 0 Å². The lowest BCUT2D eigenvalue weighted by molar-refractivity contribution is -0.655. The zero-order valence-electron chi connectivity index (χ0n) is 9.65. The maximum absolute atomic E-state index is 13.8. The zero-order chi connectivity index (χ0) is 12.4. The molecule has 0 amide bonds. The van der Waals surface area contributed by atoms with Crippen molar-refractivity contribution in [2.75, 3.05) is 31.1 Å². The van der Waals surface area contributed by atoms with Crippen LogP contribution in [0.5, 0.6) is 0 Å². The lowest BCUT2D eigenvalue weighted by Gasteiger charge is -2.27. The van der Waals surface area contributed by atoms with Gasteiger partial charge >= 0.3 is 0 Å². The molecule has 0 spiro atoms. The highest BCUT2D eigenvalue weighted by molar-refractivity contribution is 5.56. The molecule has 0 radical (unpaired) electrons. The van der Waals surface area contributed by atoms with Gasteiger partial charge in [-0.25, -0.2) is 4.39 Å². The fraction of sp³-hybridized carbons (Fsp3) is 0.455. The van der Waals surface area contributed by atoms with Crippen molar-refractivity contribution in [3.63, 3.8) is 0 Å². The van der Waals surface area contributed by atoms with Crippen molar-refractivity contribution in [3.8, 4) is 0 Å². The molecule has 6 heteroatoms. The molecule has 0 bridgehead atoms. The first-order valence-corrected chi connectivity index (χ1v) is 5.60. The van der Waals surface area contributed by atoms with Gasteiger partial charge in [-0.3, -0.25) is 10.1 Å². The van der Waals surface area contributed by atoms with Gasteiger partial charge in [-0.05, 0) is 13.0 Å². The minimum Gasteiger partial charge on any atom is -0.358 e. The molecule has 0 unspecified atom stereocenters. The van der Waals surface area contributed by atoms with E-state index >= 15 is 0 Å². The summed E-state index contributed by atoms with van der Waals surface area (Å²) in [5.74, 6) is -0.510. The van der Waals surface area contributed by atoms with Crippen LogP contribution in [-0.2, 0) is 0 Å². The molecule has 1 saturated heterocycles. The van der Waals surface area contributed by atoms with Gasteiger partial charge in [0, 0.05) is 5.56 Å². The summed E-state index contributed by atoms with van der Waals surface area (Å²) >= 11 is 0. The second-order valence-electron chi connectivity index (χ2n) is 4.20. The van der Waals surface area contributed by atoms with E-state index in [-0.39, 0.29) is 5.69 Å². The predicted octanol–water partition coefficient (Wildman–Crippen LogP) is 0.426. The van der Waals surface area contributed by atoms with Crippen LogP contribution in [0.15, 0.2) is 12.1 Å². The Balaban J connectivity index is 2.35. The predicted molar refractivity (Wildman–Crippen MR) is 61.7 cm³/mol. The smallest absolute Gasteiger partial charge is 0.275 e. The number of halogens is 1. The van der Waals surface area contributed by atoms with Crippen LogP contribution in [0, 0.1) is 22.9 Å². The highest BCUT2D eigenvalue weighted by Gasteiger charge is 2.21. The number of quaternary nitrogens is 1. The van der Waals surface area contributed by atoms with Crippen LogP contribution in [0.4, 0.5) is 15.8 Å². The van der Waals surface area contributed by atoms with Gasteiger partial charge in [0.05, 0.1) is 42.9 Å². The van der Waals surface area contributed by atoms with Crippen molar-refractivity contribution in [3.05, 3.63) is 33.6 Å². The number of benzene rings is 1. The number of aryl methyl sites for hydroxylation is 1. The Morgan fingerprint density at radius 3 is 2.65 bits per heavy atom. The summed E-state index contributed by atoms with van der Waals surface area (Å²) in [5, 5.41) is 12.9. The van der Waals surface area contributed by atoms with E-state index in [1.165, 1.54) is 0 Å². The third-order valence-electron chi connectivity index (χ3n) is 3.01. The summed E-state index contributed by atoms with van der Waals surface area (Å²) in [5.41, 5.74) is 0.817. The average Bonchev–Trinajstić information content (AvgIpc) is 2.32. The van der Waals surface area contributed by atoms with E-state index in [0.717, 1.165) is 32.2 Å². The molecule has 0 atom stereocenters. The Kier molecular flexibility index (Phi) is 3.23. The van der Waals surface area contributed by atoms with Crippen molar-refractivity contribution in [2.45, 2.75) is 6.92 Å². The Morgan fingerprint density at radius 2 is 2.06 bits per heavy atom. The summed E-state index contributed by atoms with van der Waals surface area (Å²) < 4.78 is 13.8. The van der Waals surface area contributed by atoms with Gasteiger partial charge in [-0.1, -0.05) is 0 Å². The molecule has 1 heterocycles. The molecule has 1 aliphatic heterocycles. The van der Waals surface area contributed by atoms with Crippen molar-refractivity contribution in [1.82, 2.24) is 0 Å². The molecular weight excluding hydrogens is 225 g/mol. The minimum atomic E-state index is -0.549. The number of rotatable bonds is 2. The molecule has 92 valence electrons. The highest BCUT2D eigenvalue weighted by Crippen LogP contribution is 2.27. The zero-order valence-corrected chi connectivity index (χ0v) is 9.65. The lowest BCUT2D eigenvalue weighted by atomic mass is 10.1. The Labute approximate surface area is 98.4 Å². The average molecular weight is 240 g/mol. The molecular formula is C11H15FN3O2+. The number of nitro benzene ring substituents is 1. The van der Waals surface area contributed by atoms with E-state index in [0.29, 0.717) is 11.3 Å².